The van der Waals surface area contributed by atoms with Crippen molar-refractivity contribution >= 4 is 23.2 Å². The van der Waals surface area contributed by atoms with Crippen molar-refractivity contribution in [3.8, 4) is 16.3 Å². The van der Waals surface area contributed by atoms with Gasteiger partial charge in [0.2, 0.25) is 5.91 Å². The number of carboxylic acids is 1. The Morgan fingerprint density at radius 2 is 1.96 bits per heavy atom. The lowest BCUT2D eigenvalue weighted by molar-refractivity contribution is -0.274. The van der Waals surface area contributed by atoms with E-state index in [0.717, 1.165) is 0 Å². The van der Waals surface area contributed by atoms with E-state index in [1.807, 2.05) is 0 Å². The minimum atomic E-state index is -4.75. The molecule has 1 heterocycles. The molecule has 2 rings (SSSR count). The summed E-state index contributed by atoms with van der Waals surface area (Å²) in [7, 11) is 0. The van der Waals surface area contributed by atoms with E-state index in [4.69, 9.17) is 5.11 Å². The Hall–Kier alpha value is -2.62. The molecule has 25 heavy (non-hydrogen) atoms. The van der Waals surface area contributed by atoms with E-state index in [-0.39, 0.29) is 12.2 Å². The van der Waals surface area contributed by atoms with Crippen LogP contribution in [0.4, 0.5) is 13.2 Å². The quantitative estimate of drug-likeness (QED) is 0.812. The topological polar surface area (TPSA) is 88.5 Å². The number of hydrogen-bond acceptors (Lipinski definition) is 5. The molecule has 0 unspecified atom stereocenters. The molecular weight excluding hydrogens is 361 g/mol. The standard InChI is InChI=1S/C15H13F3N2O4S/c1-8(14(22)23)19-12(21)6-10-7-25-13(20-10)9-2-4-11(5-3-9)24-15(16,17)18/h2-5,7-8H,6H2,1H3,(H,19,21)(H,22,23)/t8-/m1/s1. The summed E-state index contributed by atoms with van der Waals surface area (Å²) in [5.41, 5.74) is 1.01. The molecule has 0 fully saturated rings. The van der Waals surface area contributed by atoms with Gasteiger partial charge in [-0.2, -0.15) is 0 Å². The second-order valence-electron chi connectivity index (χ2n) is 5.02. The van der Waals surface area contributed by atoms with Crippen LogP contribution in [0.2, 0.25) is 0 Å². The molecule has 0 aliphatic rings. The normalized spacial score (nSPS) is 12.5. The van der Waals surface area contributed by atoms with E-state index in [9.17, 15) is 22.8 Å². The van der Waals surface area contributed by atoms with Crippen molar-refractivity contribution in [2.24, 2.45) is 0 Å². The SMILES string of the molecule is C[C@@H](NC(=O)Cc1csc(-c2ccc(OC(F)(F)F)cc2)n1)C(=O)O. The van der Waals surface area contributed by atoms with Crippen LogP contribution in [0, 0.1) is 0 Å². The zero-order valence-electron chi connectivity index (χ0n) is 12.8. The van der Waals surface area contributed by atoms with Crippen molar-refractivity contribution in [3.05, 3.63) is 35.3 Å². The summed E-state index contributed by atoms with van der Waals surface area (Å²) in [6.07, 6.45) is -4.85. The van der Waals surface area contributed by atoms with Gasteiger partial charge in [-0.15, -0.1) is 24.5 Å². The first-order valence-electron chi connectivity index (χ1n) is 6.97. The van der Waals surface area contributed by atoms with Gasteiger partial charge >= 0.3 is 12.3 Å². The second kappa shape index (κ2) is 7.51. The fourth-order valence-corrected chi connectivity index (χ4v) is 2.66. The van der Waals surface area contributed by atoms with Crippen molar-refractivity contribution in [2.75, 3.05) is 0 Å². The number of aliphatic carboxylic acids is 1. The summed E-state index contributed by atoms with van der Waals surface area (Å²) in [6.45, 7) is 1.34. The highest BCUT2D eigenvalue weighted by atomic mass is 32.1. The lowest BCUT2D eigenvalue weighted by Crippen LogP contribution is -2.39. The number of benzene rings is 1. The van der Waals surface area contributed by atoms with Crippen LogP contribution in [0.15, 0.2) is 29.6 Å². The zero-order valence-corrected chi connectivity index (χ0v) is 13.6. The number of alkyl halides is 3. The molecule has 1 atom stereocenters. The molecule has 0 spiro atoms. The summed E-state index contributed by atoms with van der Waals surface area (Å²) >= 11 is 1.22. The summed E-state index contributed by atoms with van der Waals surface area (Å²) < 4.78 is 40.2. The Labute approximate surface area is 144 Å². The third-order valence-electron chi connectivity index (χ3n) is 2.98. The van der Waals surface area contributed by atoms with Gasteiger partial charge in [-0.25, -0.2) is 4.98 Å². The van der Waals surface area contributed by atoms with Crippen molar-refractivity contribution < 1.29 is 32.6 Å². The van der Waals surface area contributed by atoms with Crippen LogP contribution < -0.4 is 10.1 Å². The number of amides is 1. The van der Waals surface area contributed by atoms with Gasteiger partial charge in [-0.1, -0.05) is 0 Å². The fraction of sp³-hybridized carbons (Fsp3) is 0.267. The molecule has 2 aromatic rings. The number of thiazole rings is 1. The van der Waals surface area contributed by atoms with Gasteiger partial charge in [0.25, 0.3) is 0 Å². The molecular formula is C15H13F3N2O4S. The van der Waals surface area contributed by atoms with Crippen LogP contribution in [0.1, 0.15) is 12.6 Å². The molecule has 0 radical (unpaired) electrons. The maximum atomic E-state index is 12.1. The van der Waals surface area contributed by atoms with Gasteiger partial charge in [-0.05, 0) is 31.2 Å². The summed E-state index contributed by atoms with van der Waals surface area (Å²) in [6, 6.07) is 4.19. The number of hydrogen-bond donors (Lipinski definition) is 2. The first-order chi connectivity index (χ1) is 11.6. The highest BCUT2D eigenvalue weighted by Gasteiger charge is 2.31. The number of carboxylic acid groups (broad SMARTS) is 1. The van der Waals surface area contributed by atoms with Crippen LogP contribution >= 0.6 is 11.3 Å². The Bertz CT molecular complexity index is 759. The Morgan fingerprint density at radius 3 is 2.52 bits per heavy atom. The lowest BCUT2D eigenvalue weighted by atomic mass is 10.2. The summed E-state index contributed by atoms with van der Waals surface area (Å²) in [5.74, 6) is -1.97. The van der Waals surface area contributed by atoms with Crippen LogP contribution in [0.3, 0.4) is 0 Å². The van der Waals surface area contributed by atoms with Gasteiger partial charge < -0.3 is 15.2 Å². The smallest absolute Gasteiger partial charge is 0.480 e. The molecule has 10 heteroatoms. The molecule has 6 nitrogen and oxygen atoms in total. The molecule has 0 aliphatic heterocycles. The van der Waals surface area contributed by atoms with Crippen molar-refractivity contribution in [3.63, 3.8) is 0 Å². The van der Waals surface area contributed by atoms with Crippen LogP contribution in [0.25, 0.3) is 10.6 Å². The number of carbonyl (C=O) groups is 2. The maximum Gasteiger partial charge on any atom is 0.573 e. The summed E-state index contributed by atoms with van der Waals surface area (Å²) in [5, 5.41) is 13.2. The number of rotatable bonds is 6. The molecule has 0 saturated heterocycles. The van der Waals surface area contributed by atoms with Crippen LogP contribution in [-0.2, 0) is 16.0 Å². The van der Waals surface area contributed by atoms with E-state index < -0.39 is 24.3 Å². The minimum absolute atomic E-state index is 0.0939. The number of aromatic nitrogens is 1. The van der Waals surface area contributed by atoms with Gasteiger partial charge in [0.05, 0.1) is 12.1 Å². The van der Waals surface area contributed by atoms with E-state index >= 15 is 0 Å². The zero-order chi connectivity index (χ0) is 18.6. The number of nitrogens with zero attached hydrogens (tertiary/aromatic N) is 1. The molecule has 2 N–H and O–H groups in total. The van der Waals surface area contributed by atoms with Crippen LogP contribution in [0.5, 0.6) is 5.75 Å². The molecule has 134 valence electrons. The van der Waals surface area contributed by atoms with E-state index in [1.165, 1.54) is 42.5 Å². The van der Waals surface area contributed by atoms with E-state index in [0.29, 0.717) is 16.3 Å². The predicted molar refractivity (Wildman–Crippen MR) is 83.2 cm³/mol. The first-order valence-corrected chi connectivity index (χ1v) is 7.85. The van der Waals surface area contributed by atoms with Crippen molar-refractivity contribution in [1.29, 1.82) is 0 Å². The molecule has 0 bridgehead atoms. The van der Waals surface area contributed by atoms with Crippen molar-refractivity contribution in [1.82, 2.24) is 10.3 Å². The Balaban J connectivity index is 2.01. The highest BCUT2D eigenvalue weighted by molar-refractivity contribution is 7.13. The van der Waals surface area contributed by atoms with Gasteiger partial charge in [-0.3, -0.25) is 9.59 Å². The lowest BCUT2D eigenvalue weighted by Gasteiger charge is -2.08. The Morgan fingerprint density at radius 1 is 1.32 bits per heavy atom. The van der Waals surface area contributed by atoms with E-state index in [1.54, 1.807) is 5.38 Å². The average molecular weight is 374 g/mol. The largest absolute Gasteiger partial charge is 0.573 e. The first kappa shape index (κ1) is 18.7. The third kappa shape index (κ3) is 5.75. The number of nitrogens with one attached hydrogen (secondary N) is 1. The monoisotopic (exact) mass is 374 g/mol. The molecule has 1 aromatic carbocycles. The molecule has 0 saturated carbocycles. The number of halogens is 3. The second-order valence-corrected chi connectivity index (χ2v) is 5.88. The fourth-order valence-electron chi connectivity index (χ4n) is 1.84. The van der Waals surface area contributed by atoms with Crippen molar-refractivity contribution in [2.45, 2.75) is 25.7 Å². The number of carbonyl (C=O) groups excluding carboxylic acids is 1. The van der Waals surface area contributed by atoms with E-state index in [2.05, 4.69) is 15.0 Å². The van der Waals surface area contributed by atoms with Gasteiger partial charge in [0, 0.05) is 10.9 Å². The summed E-state index contributed by atoms with van der Waals surface area (Å²) in [4.78, 5) is 26.6. The van der Waals surface area contributed by atoms with Crippen LogP contribution in [-0.4, -0.2) is 34.4 Å². The maximum absolute atomic E-state index is 12.1. The molecule has 1 aromatic heterocycles. The molecule has 0 aliphatic carbocycles. The average Bonchev–Trinajstić information content (AvgIpc) is 2.94. The molecule has 1 amide bonds. The Kier molecular flexibility index (Phi) is 5.62. The number of ether oxygens (including phenoxy) is 1. The highest BCUT2D eigenvalue weighted by Crippen LogP contribution is 2.28. The van der Waals surface area contributed by atoms with Gasteiger partial charge in [0.1, 0.15) is 16.8 Å². The predicted octanol–water partition coefficient (Wildman–Crippen LogP) is 2.84. The third-order valence-corrected chi connectivity index (χ3v) is 3.92. The van der Waals surface area contributed by atoms with Gasteiger partial charge in [0.15, 0.2) is 0 Å². The minimum Gasteiger partial charge on any atom is -0.480 e.